The highest BCUT2D eigenvalue weighted by Crippen LogP contribution is 2.42. The number of ether oxygens (including phenoxy) is 5. The van der Waals surface area contributed by atoms with Crippen molar-refractivity contribution in [2.75, 3.05) is 33.4 Å². The van der Waals surface area contributed by atoms with E-state index in [1.165, 1.54) is 42.2 Å². The Morgan fingerprint density at radius 3 is 2.42 bits per heavy atom. The molecule has 1 aliphatic heterocycles. The Labute approximate surface area is 290 Å². The van der Waals surface area contributed by atoms with Crippen molar-refractivity contribution in [3.8, 4) is 40.0 Å². The molecule has 50 heavy (non-hydrogen) atoms. The number of fused-ring (bicyclic) bond motifs is 2. The summed E-state index contributed by atoms with van der Waals surface area (Å²) in [7, 11) is 4.47. The Morgan fingerprint density at radius 2 is 1.66 bits per heavy atom. The van der Waals surface area contributed by atoms with Gasteiger partial charge in [-0.2, -0.15) is 0 Å². The SMILES string of the molecule is COc1cc(C(C(=O)Nc2ccc3c(c2)OCO3)N(Cc2nc(-c3ccccc3)cs2)C(=O)Cn2nnc3ccccc32)cc(OC)c1OC. The van der Waals surface area contributed by atoms with Gasteiger partial charge in [-0.3, -0.25) is 9.59 Å². The second-order valence-electron chi connectivity index (χ2n) is 11.2. The maximum atomic E-state index is 14.6. The van der Waals surface area contributed by atoms with E-state index in [1.54, 1.807) is 30.3 Å². The van der Waals surface area contributed by atoms with Crippen molar-refractivity contribution in [1.29, 1.82) is 0 Å². The number of aromatic nitrogens is 4. The summed E-state index contributed by atoms with van der Waals surface area (Å²) in [6.45, 7) is -0.118. The van der Waals surface area contributed by atoms with Crippen LogP contribution in [0, 0.1) is 0 Å². The number of anilines is 1. The Balaban J connectivity index is 1.33. The van der Waals surface area contributed by atoms with Gasteiger partial charge in [-0.05, 0) is 42.0 Å². The minimum Gasteiger partial charge on any atom is -0.493 e. The fraction of sp³-hybridized carbons (Fsp3) is 0.194. The highest BCUT2D eigenvalue weighted by Gasteiger charge is 2.35. The summed E-state index contributed by atoms with van der Waals surface area (Å²) in [5, 5.41) is 14.0. The molecule has 3 heterocycles. The lowest BCUT2D eigenvalue weighted by Gasteiger charge is -2.31. The summed E-state index contributed by atoms with van der Waals surface area (Å²) in [6.07, 6.45) is 0. The van der Waals surface area contributed by atoms with Crippen molar-refractivity contribution in [1.82, 2.24) is 24.9 Å². The Hall–Kier alpha value is -6.15. The van der Waals surface area contributed by atoms with E-state index in [2.05, 4.69) is 15.6 Å². The van der Waals surface area contributed by atoms with Crippen LogP contribution in [0.4, 0.5) is 5.69 Å². The molecule has 0 fully saturated rings. The van der Waals surface area contributed by atoms with Crippen LogP contribution in [-0.4, -0.2) is 64.8 Å². The molecule has 0 saturated carbocycles. The molecule has 1 aliphatic rings. The van der Waals surface area contributed by atoms with E-state index in [1.807, 2.05) is 60.0 Å². The molecule has 0 saturated heterocycles. The second-order valence-corrected chi connectivity index (χ2v) is 12.1. The summed E-state index contributed by atoms with van der Waals surface area (Å²) in [4.78, 5) is 35.5. The van der Waals surface area contributed by atoms with Crippen LogP contribution in [0.1, 0.15) is 16.6 Å². The number of rotatable bonds is 12. The molecular weight excluding hydrogens is 660 g/mol. The predicted octanol–water partition coefficient (Wildman–Crippen LogP) is 5.72. The number of benzene rings is 4. The van der Waals surface area contributed by atoms with Gasteiger partial charge < -0.3 is 33.9 Å². The van der Waals surface area contributed by atoms with Crippen LogP contribution in [0.25, 0.3) is 22.3 Å². The zero-order chi connectivity index (χ0) is 34.6. The topological polar surface area (TPSA) is 139 Å². The van der Waals surface area contributed by atoms with Crippen molar-refractivity contribution in [3.63, 3.8) is 0 Å². The number of para-hydroxylation sites is 1. The summed E-state index contributed by atoms with van der Waals surface area (Å²) < 4.78 is 29.4. The van der Waals surface area contributed by atoms with E-state index in [9.17, 15) is 9.59 Å². The van der Waals surface area contributed by atoms with Crippen LogP contribution >= 0.6 is 11.3 Å². The number of methoxy groups -OCH3 is 3. The summed E-state index contributed by atoms with van der Waals surface area (Å²) in [5.41, 5.74) is 3.87. The minimum atomic E-state index is -1.21. The number of carbonyl (C=O) groups is 2. The molecule has 0 aliphatic carbocycles. The van der Waals surface area contributed by atoms with Crippen molar-refractivity contribution in [2.24, 2.45) is 0 Å². The fourth-order valence-corrected chi connectivity index (χ4v) is 6.57. The zero-order valence-corrected chi connectivity index (χ0v) is 28.2. The molecule has 0 bridgehead atoms. The zero-order valence-electron chi connectivity index (χ0n) is 27.4. The van der Waals surface area contributed by atoms with Crippen molar-refractivity contribution >= 4 is 39.9 Å². The summed E-state index contributed by atoms with van der Waals surface area (Å²) in [5.74, 6) is 1.13. The third-order valence-electron chi connectivity index (χ3n) is 8.16. The standard InChI is InChI=1S/C36H32N6O7S/c1-45-30-15-23(16-31(46-2)35(30)47-3)34(36(44)37-24-13-14-28-29(17-24)49-21-48-28)41(18-32-38-26(20-50-32)22-9-5-4-6-10-22)33(43)19-42-27-12-8-7-11-25(27)39-40-42/h4-17,20,34H,18-19,21H2,1-3H3,(H,37,44). The Morgan fingerprint density at radius 1 is 0.920 bits per heavy atom. The molecule has 2 aromatic heterocycles. The number of thiazole rings is 1. The van der Waals surface area contributed by atoms with E-state index in [4.69, 9.17) is 28.7 Å². The van der Waals surface area contributed by atoms with E-state index >= 15 is 0 Å². The average molecular weight is 693 g/mol. The molecular formula is C36H32N6O7S. The lowest BCUT2D eigenvalue weighted by molar-refractivity contribution is -0.140. The van der Waals surface area contributed by atoms with Gasteiger partial charge in [-0.15, -0.1) is 16.4 Å². The molecule has 2 amide bonds. The lowest BCUT2D eigenvalue weighted by Crippen LogP contribution is -2.42. The monoisotopic (exact) mass is 692 g/mol. The van der Waals surface area contributed by atoms with Gasteiger partial charge >= 0.3 is 0 Å². The van der Waals surface area contributed by atoms with Crippen LogP contribution < -0.4 is 29.0 Å². The minimum absolute atomic E-state index is 0.00114. The highest BCUT2D eigenvalue weighted by molar-refractivity contribution is 7.09. The Kier molecular flexibility index (Phi) is 9.16. The number of nitrogens with one attached hydrogen (secondary N) is 1. The largest absolute Gasteiger partial charge is 0.493 e. The average Bonchev–Trinajstić information content (AvgIpc) is 3.91. The van der Waals surface area contributed by atoms with Gasteiger partial charge in [0.05, 0.1) is 39.1 Å². The molecule has 13 nitrogen and oxygen atoms in total. The molecule has 254 valence electrons. The number of hydrogen-bond donors (Lipinski definition) is 1. The number of hydrogen-bond acceptors (Lipinski definition) is 11. The Bertz CT molecular complexity index is 2140. The number of amides is 2. The first-order chi connectivity index (χ1) is 24.4. The van der Waals surface area contributed by atoms with Crippen LogP contribution in [-0.2, 0) is 22.7 Å². The van der Waals surface area contributed by atoms with E-state index in [0.717, 1.165) is 11.3 Å². The van der Waals surface area contributed by atoms with Gasteiger partial charge in [0.15, 0.2) is 23.0 Å². The van der Waals surface area contributed by atoms with Gasteiger partial charge in [0, 0.05) is 22.7 Å². The molecule has 0 spiro atoms. The summed E-state index contributed by atoms with van der Waals surface area (Å²) in [6, 6.07) is 24.3. The molecule has 7 rings (SSSR count). The van der Waals surface area contributed by atoms with Crippen molar-refractivity contribution in [2.45, 2.75) is 19.1 Å². The van der Waals surface area contributed by atoms with Gasteiger partial charge in [-0.25, -0.2) is 9.67 Å². The van der Waals surface area contributed by atoms with Gasteiger partial charge in [0.2, 0.25) is 18.4 Å². The second kappa shape index (κ2) is 14.1. The predicted molar refractivity (Wildman–Crippen MR) is 186 cm³/mol. The first-order valence-electron chi connectivity index (χ1n) is 15.5. The fourth-order valence-electron chi connectivity index (χ4n) is 5.76. The van der Waals surface area contributed by atoms with Crippen molar-refractivity contribution in [3.05, 3.63) is 101 Å². The van der Waals surface area contributed by atoms with Gasteiger partial charge in [-0.1, -0.05) is 47.7 Å². The van der Waals surface area contributed by atoms with E-state index < -0.39 is 17.9 Å². The van der Waals surface area contributed by atoms with Gasteiger partial charge in [0.1, 0.15) is 23.1 Å². The van der Waals surface area contributed by atoms with E-state index in [-0.39, 0.29) is 19.9 Å². The molecule has 4 aromatic carbocycles. The lowest BCUT2D eigenvalue weighted by atomic mass is 10.0. The number of nitrogens with zero attached hydrogens (tertiary/aromatic N) is 5. The molecule has 0 radical (unpaired) electrons. The maximum absolute atomic E-state index is 14.6. The quantitative estimate of drug-likeness (QED) is 0.170. The first-order valence-corrected chi connectivity index (χ1v) is 16.4. The molecule has 14 heteroatoms. The maximum Gasteiger partial charge on any atom is 0.251 e. The molecule has 1 N–H and O–H groups in total. The molecule has 6 aromatic rings. The third kappa shape index (κ3) is 6.48. The molecule has 1 atom stereocenters. The normalized spacial score (nSPS) is 12.4. The van der Waals surface area contributed by atoms with Crippen molar-refractivity contribution < 1.29 is 33.3 Å². The number of carbonyl (C=O) groups excluding carboxylic acids is 2. The smallest absolute Gasteiger partial charge is 0.251 e. The van der Waals surface area contributed by atoms with Gasteiger partial charge in [0.25, 0.3) is 5.91 Å². The van der Waals surface area contributed by atoms with Crippen LogP contribution in [0.3, 0.4) is 0 Å². The molecule has 1 unspecified atom stereocenters. The third-order valence-corrected chi connectivity index (χ3v) is 8.99. The van der Waals surface area contributed by atoms with Crippen LogP contribution in [0.2, 0.25) is 0 Å². The van der Waals surface area contributed by atoms with Crippen LogP contribution in [0.5, 0.6) is 28.7 Å². The summed E-state index contributed by atoms with van der Waals surface area (Å²) >= 11 is 1.39. The highest BCUT2D eigenvalue weighted by atomic mass is 32.1. The first kappa shape index (κ1) is 32.4. The van der Waals surface area contributed by atoms with Crippen LogP contribution in [0.15, 0.2) is 90.3 Å². The van der Waals surface area contributed by atoms with E-state index in [0.29, 0.717) is 56.0 Å².